The summed E-state index contributed by atoms with van der Waals surface area (Å²) >= 11 is 0. The molecule has 0 heterocycles. The number of carbonyl (C=O) groups excluding carboxylic acids is 1. The van der Waals surface area contributed by atoms with Crippen molar-refractivity contribution in [2.45, 2.75) is 45.6 Å². The quantitative estimate of drug-likeness (QED) is 0.748. The maximum atomic E-state index is 11.6. The van der Waals surface area contributed by atoms with E-state index in [0.29, 0.717) is 12.3 Å². The van der Waals surface area contributed by atoms with Gasteiger partial charge in [0.15, 0.2) is 0 Å². The van der Waals surface area contributed by atoms with E-state index in [-0.39, 0.29) is 12.1 Å². The Labute approximate surface area is 103 Å². The van der Waals surface area contributed by atoms with E-state index < -0.39 is 0 Å². The molecule has 2 heteroatoms. The van der Waals surface area contributed by atoms with Gasteiger partial charge in [-0.1, -0.05) is 38.1 Å². The van der Waals surface area contributed by atoms with E-state index >= 15 is 0 Å². The molecule has 1 aliphatic carbocycles. The maximum absolute atomic E-state index is 11.6. The minimum absolute atomic E-state index is 0.0515. The predicted octanol–water partition coefficient (Wildman–Crippen LogP) is 3.13. The Morgan fingerprint density at radius 2 is 2.06 bits per heavy atom. The number of carbonyl (C=O) groups is 1. The highest BCUT2D eigenvalue weighted by molar-refractivity contribution is 5.69. The molecule has 1 atom stereocenters. The van der Waals surface area contributed by atoms with Crippen molar-refractivity contribution >= 4 is 5.97 Å². The van der Waals surface area contributed by atoms with Crippen LogP contribution in [0.3, 0.4) is 0 Å². The largest absolute Gasteiger partial charge is 0.462 e. The molecule has 0 N–H and O–H groups in total. The van der Waals surface area contributed by atoms with Gasteiger partial charge >= 0.3 is 5.97 Å². The molecule has 2 nitrogen and oxygen atoms in total. The Balaban J connectivity index is 1.92. The van der Waals surface area contributed by atoms with E-state index in [2.05, 4.69) is 24.3 Å². The van der Waals surface area contributed by atoms with Crippen LogP contribution < -0.4 is 0 Å². The van der Waals surface area contributed by atoms with Gasteiger partial charge in [-0.05, 0) is 29.9 Å². The number of aryl methyl sites for hydroxylation is 1. The van der Waals surface area contributed by atoms with Crippen molar-refractivity contribution in [1.82, 2.24) is 0 Å². The Hall–Kier alpha value is -1.31. The molecular formula is C15H20O2. The fourth-order valence-corrected chi connectivity index (χ4v) is 2.33. The molecule has 0 spiro atoms. The van der Waals surface area contributed by atoms with Crippen LogP contribution in [0.5, 0.6) is 0 Å². The second kappa shape index (κ2) is 5.35. The SMILES string of the molecule is CC(C)CC(=O)O[C@@H]1CCc2ccccc2C1. The van der Waals surface area contributed by atoms with Crippen molar-refractivity contribution in [2.75, 3.05) is 0 Å². The highest BCUT2D eigenvalue weighted by atomic mass is 16.5. The van der Waals surface area contributed by atoms with Crippen molar-refractivity contribution in [3.05, 3.63) is 35.4 Å². The first kappa shape index (κ1) is 12.2. The second-order valence-corrected chi connectivity index (χ2v) is 5.22. The number of rotatable bonds is 3. The van der Waals surface area contributed by atoms with Crippen LogP contribution in [0, 0.1) is 5.92 Å². The van der Waals surface area contributed by atoms with Crippen LogP contribution in [-0.4, -0.2) is 12.1 Å². The summed E-state index contributed by atoms with van der Waals surface area (Å²) in [5.74, 6) is 0.322. The molecule has 0 aliphatic heterocycles. The van der Waals surface area contributed by atoms with Crippen molar-refractivity contribution in [3.63, 3.8) is 0 Å². The Morgan fingerprint density at radius 3 is 2.76 bits per heavy atom. The van der Waals surface area contributed by atoms with Gasteiger partial charge in [0.05, 0.1) is 0 Å². The smallest absolute Gasteiger partial charge is 0.306 e. The molecular weight excluding hydrogens is 212 g/mol. The van der Waals surface area contributed by atoms with E-state index in [9.17, 15) is 4.79 Å². The monoisotopic (exact) mass is 232 g/mol. The number of esters is 1. The number of fused-ring (bicyclic) bond motifs is 1. The minimum Gasteiger partial charge on any atom is -0.462 e. The fourth-order valence-electron chi connectivity index (χ4n) is 2.33. The molecule has 0 radical (unpaired) electrons. The van der Waals surface area contributed by atoms with Crippen LogP contribution in [-0.2, 0) is 22.4 Å². The van der Waals surface area contributed by atoms with Crippen LogP contribution in [0.2, 0.25) is 0 Å². The van der Waals surface area contributed by atoms with Gasteiger partial charge in [-0.3, -0.25) is 4.79 Å². The third kappa shape index (κ3) is 3.32. The molecule has 0 saturated heterocycles. The first-order chi connectivity index (χ1) is 8.15. The summed E-state index contributed by atoms with van der Waals surface area (Å²) in [5.41, 5.74) is 2.74. The molecule has 17 heavy (non-hydrogen) atoms. The number of hydrogen-bond acceptors (Lipinski definition) is 2. The second-order valence-electron chi connectivity index (χ2n) is 5.22. The van der Waals surface area contributed by atoms with Crippen LogP contribution in [0.15, 0.2) is 24.3 Å². The highest BCUT2D eigenvalue weighted by Crippen LogP contribution is 2.23. The summed E-state index contributed by atoms with van der Waals surface area (Å²) < 4.78 is 5.52. The van der Waals surface area contributed by atoms with E-state index in [1.54, 1.807) is 0 Å². The lowest BCUT2D eigenvalue weighted by atomic mass is 9.90. The van der Waals surface area contributed by atoms with Crippen LogP contribution in [0.1, 0.15) is 37.8 Å². The highest BCUT2D eigenvalue weighted by Gasteiger charge is 2.21. The molecule has 1 aliphatic rings. The Bertz CT molecular complexity index is 396. The predicted molar refractivity (Wildman–Crippen MR) is 67.8 cm³/mol. The molecule has 0 fully saturated rings. The van der Waals surface area contributed by atoms with E-state index in [4.69, 9.17) is 4.74 Å². The van der Waals surface area contributed by atoms with Gasteiger partial charge in [0.25, 0.3) is 0 Å². The normalized spacial score (nSPS) is 18.9. The topological polar surface area (TPSA) is 26.3 Å². The molecule has 0 saturated carbocycles. The first-order valence-electron chi connectivity index (χ1n) is 6.41. The summed E-state index contributed by atoms with van der Waals surface area (Å²) in [6.45, 7) is 4.08. The van der Waals surface area contributed by atoms with Gasteiger partial charge in [-0.2, -0.15) is 0 Å². The lowest BCUT2D eigenvalue weighted by molar-refractivity contribution is -0.150. The zero-order valence-electron chi connectivity index (χ0n) is 10.6. The zero-order chi connectivity index (χ0) is 12.3. The van der Waals surface area contributed by atoms with Crippen molar-refractivity contribution in [2.24, 2.45) is 5.92 Å². The minimum atomic E-state index is -0.0515. The van der Waals surface area contributed by atoms with Crippen molar-refractivity contribution in [3.8, 4) is 0 Å². The summed E-state index contributed by atoms with van der Waals surface area (Å²) in [6, 6.07) is 8.43. The summed E-state index contributed by atoms with van der Waals surface area (Å²) in [7, 11) is 0. The van der Waals surface area contributed by atoms with Gasteiger partial charge in [-0.15, -0.1) is 0 Å². The summed E-state index contributed by atoms with van der Waals surface area (Å²) in [5, 5.41) is 0. The third-order valence-corrected chi connectivity index (χ3v) is 3.17. The van der Waals surface area contributed by atoms with Crippen LogP contribution in [0.25, 0.3) is 0 Å². The summed E-state index contributed by atoms with van der Waals surface area (Å²) in [6.07, 6.45) is 3.46. The van der Waals surface area contributed by atoms with Crippen LogP contribution >= 0.6 is 0 Å². The molecule has 0 amide bonds. The lowest BCUT2D eigenvalue weighted by Crippen LogP contribution is -2.26. The molecule has 0 aromatic heterocycles. The molecule has 92 valence electrons. The van der Waals surface area contributed by atoms with Crippen molar-refractivity contribution < 1.29 is 9.53 Å². The van der Waals surface area contributed by atoms with Gasteiger partial charge in [0, 0.05) is 12.8 Å². The third-order valence-electron chi connectivity index (χ3n) is 3.17. The fraction of sp³-hybridized carbons (Fsp3) is 0.533. The maximum Gasteiger partial charge on any atom is 0.306 e. The van der Waals surface area contributed by atoms with E-state index in [1.807, 2.05) is 13.8 Å². The lowest BCUT2D eigenvalue weighted by Gasteiger charge is -2.24. The van der Waals surface area contributed by atoms with Gasteiger partial charge in [0.2, 0.25) is 0 Å². The van der Waals surface area contributed by atoms with Gasteiger partial charge in [-0.25, -0.2) is 0 Å². The number of benzene rings is 1. The van der Waals surface area contributed by atoms with Crippen LogP contribution in [0.4, 0.5) is 0 Å². The first-order valence-corrected chi connectivity index (χ1v) is 6.41. The molecule has 2 rings (SSSR count). The molecule has 0 unspecified atom stereocenters. The van der Waals surface area contributed by atoms with E-state index in [1.165, 1.54) is 11.1 Å². The standard InChI is InChI=1S/C15H20O2/c1-11(2)9-15(16)17-14-8-7-12-5-3-4-6-13(12)10-14/h3-6,11,14H,7-10H2,1-2H3/t14-/m1/s1. The average molecular weight is 232 g/mol. The van der Waals surface area contributed by atoms with E-state index in [0.717, 1.165) is 19.3 Å². The zero-order valence-corrected chi connectivity index (χ0v) is 10.6. The van der Waals surface area contributed by atoms with Crippen molar-refractivity contribution in [1.29, 1.82) is 0 Å². The number of ether oxygens (including phenoxy) is 1. The Morgan fingerprint density at radius 1 is 1.35 bits per heavy atom. The van der Waals surface area contributed by atoms with Gasteiger partial charge in [0.1, 0.15) is 6.10 Å². The summed E-state index contributed by atoms with van der Waals surface area (Å²) in [4.78, 5) is 11.6. The number of hydrogen-bond donors (Lipinski definition) is 0. The van der Waals surface area contributed by atoms with Gasteiger partial charge < -0.3 is 4.74 Å². The molecule has 1 aromatic carbocycles. The molecule has 0 bridgehead atoms. The Kier molecular flexibility index (Phi) is 3.82. The molecule has 1 aromatic rings. The average Bonchev–Trinajstić information content (AvgIpc) is 2.27.